The summed E-state index contributed by atoms with van der Waals surface area (Å²) in [4.78, 5) is 10.4. The predicted molar refractivity (Wildman–Crippen MR) is 44.9 cm³/mol. The van der Waals surface area contributed by atoms with Gasteiger partial charge in [-0.1, -0.05) is 6.92 Å². The molecule has 1 rings (SSSR count). The first-order chi connectivity index (χ1) is 5.65. The molecule has 3 heteroatoms. The predicted octanol–water partition coefficient (Wildman–Crippen LogP) is 1.44. The summed E-state index contributed by atoms with van der Waals surface area (Å²) < 4.78 is 5.22. The highest BCUT2D eigenvalue weighted by atomic mass is 16.5. The van der Waals surface area contributed by atoms with Crippen LogP contribution in [0.3, 0.4) is 0 Å². The van der Waals surface area contributed by atoms with Crippen LogP contribution in [0, 0.1) is 5.92 Å². The summed E-state index contributed by atoms with van der Waals surface area (Å²) in [6.45, 7) is 4.45. The molecular formula is C9H14O3. The Hall–Kier alpha value is -0.830. The fraction of sp³-hybridized carbons (Fsp3) is 0.667. The molecule has 2 unspecified atom stereocenters. The third-order valence-electron chi connectivity index (χ3n) is 2.24. The first-order valence-corrected chi connectivity index (χ1v) is 4.18. The molecule has 12 heavy (non-hydrogen) atoms. The Morgan fingerprint density at radius 1 is 1.75 bits per heavy atom. The Morgan fingerprint density at radius 2 is 2.42 bits per heavy atom. The van der Waals surface area contributed by atoms with E-state index in [4.69, 9.17) is 9.84 Å². The third-order valence-corrected chi connectivity index (χ3v) is 2.24. The Bertz CT molecular complexity index is 206. The minimum atomic E-state index is -0.861. The van der Waals surface area contributed by atoms with Gasteiger partial charge in [0, 0.05) is 11.5 Å². The van der Waals surface area contributed by atoms with Gasteiger partial charge in [0.25, 0.3) is 0 Å². The van der Waals surface area contributed by atoms with Gasteiger partial charge in [-0.3, -0.25) is 0 Å². The van der Waals surface area contributed by atoms with E-state index >= 15 is 0 Å². The van der Waals surface area contributed by atoms with E-state index in [2.05, 4.69) is 6.92 Å². The normalized spacial score (nSPS) is 29.7. The molecule has 0 spiro atoms. The van der Waals surface area contributed by atoms with E-state index in [1.165, 1.54) is 0 Å². The molecule has 0 bridgehead atoms. The van der Waals surface area contributed by atoms with Crippen molar-refractivity contribution in [3.63, 3.8) is 0 Å². The summed E-state index contributed by atoms with van der Waals surface area (Å²) in [6, 6.07) is 0. The van der Waals surface area contributed by atoms with E-state index in [1.807, 2.05) is 0 Å². The maximum Gasteiger partial charge on any atom is 0.331 e. The molecule has 0 aromatic carbocycles. The Morgan fingerprint density at radius 3 is 2.75 bits per heavy atom. The molecule has 0 amide bonds. The molecule has 1 fully saturated rings. The quantitative estimate of drug-likeness (QED) is 0.652. The molecule has 1 saturated heterocycles. The van der Waals surface area contributed by atoms with Crippen LogP contribution < -0.4 is 0 Å². The fourth-order valence-electron chi connectivity index (χ4n) is 1.20. The van der Waals surface area contributed by atoms with Crippen LogP contribution >= 0.6 is 0 Å². The van der Waals surface area contributed by atoms with Gasteiger partial charge in [-0.25, -0.2) is 4.79 Å². The highest BCUT2D eigenvalue weighted by Gasteiger charge is 2.28. The van der Waals surface area contributed by atoms with Crippen molar-refractivity contribution in [2.45, 2.75) is 26.4 Å². The average Bonchev–Trinajstić information content (AvgIpc) is 1.98. The van der Waals surface area contributed by atoms with E-state index < -0.39 is 5.97 Å². The largest absolute Gasteiger partial charge is 0.478 e. The summed E-state index contributed by atoms with van der Waals surface area (Å²) in [7, 11) is 0. The number of carbonyl (C=O) groups is 1. The fourth-order valence-corrected chi connectivity index (χ4v) is 1.20. The molecule has 0 radical (unpaired) electrons. The second-order valence-electron chi connectivity index (χ2n) is 3.12. The lowest BCUT2D eigenvalue weighted by atomic mass is 9.94. The van der Waals surface area contributed by atoms with E-state index in [1.54, 1.807) is 13.0 Å². The van der Waals surface area contributed by atoms with Gasteiger partial charge in [0.1, 0.15) is 0 Å². The van der Waals surface area contributed by atoms with Gasteiger partial charge < -0.3 is 9.84 Å². The van der Waals surface area contributed by atoms with E-state index in [0.29, 0.717) is 11.5 Å². The highest BCUT2D eigenvalue weighted by molar-refractivity contribution is 5.85. The summed E-state index contributed by atoms with van der Waals surface area (Å²) in [6.07, 6.45) is 2.78. The van der Waals surface area contributed by atoms with Gasteiger partial charge >= 0.3 is 5.97 Å². The first kappa shape index (κ1) is 9.26. The van der Waals surface area contributed by atoms with Gasteiger partial charge in [-0.05, 0) is 19.4 Å². The minimum absolute atomic E-state index is 0.0334. The van der Waals surface area contributed by atoms with Crippen LogP contribution in [0.5, 0.6) is 0 Å². The lowest BCUT2D eigenvalue weighted by Gasteiger charge is -2.34. The second-order valence-corrected chi connectivity index (χ2v) is 3.12. The Kier molecular flexibility index (Phi) is 2.87. The Balaban J connectivity index is 2.50. The lowest BCUT2D eigenvalue weighted by molar-refractivity contribution is -0.133. The molecule has 68 valence electrons. The van der Waals surface area contributed by atoms with Crippen LogP contribution in [0.25, 0.3) is 0 Å². The zero-order chi connectivity index (χ0) is 9.14. The molecule has 0 aliphatic carbocycles. The van der Waals surface area contributed by atoms with Crippen molar-refractivity contribution in [3.8, 4) is 0 Å². The van der Waals surface area contributed by atoms with Crippen molar-refractivity contribution in [1.82, 2.24) is 0 Å². The van der Waals surface area contributed by atoms with E-state index in [-0.39, 0.29) is 6.10 Å². The maximum atomic E-state index is 10.4. The summed E-state index contributed by atoms with van der Waals surface area (Å²) in [5.74, 6) is -0.348. The molecule has 1 aliphatic heterocycles. The van der Waals surface area contributed by atoms with Crippen LogP contribution in [0.2, 0.25) is 0 Å². The van der Waals surface area contributed by atoms with Crippen molar-refractivity contribution in [2.24, 2.45) is 5.92 Å². The average molecular weight is 170 g/mol. The smallest absolute Gasteiger partial charge is 0.331 e. The van der Waals surface area contributed by atoms with Gasteiger partial charge in [0.2, 0.25) is 0 Å². The topological polar surface area (TPSA) is 46.5 Å². The lowest BCUT2D eigenvalue weighted by Crippen LogP contribution is -2.38. The SMILES string of the molecule is CCC1COC1/C=C(\C)C(=O)O. The van der Waals surface area contributed by atoms with E-state index in [0.717, 1.165) is 13.0 Å². The summed E-state index contributed by atoms with van der Waals surface area (Å²) in [5, 5.41) is 8.59. The molecule has 0 saturated carbocycles. The van der Waals surface area contributed by atoms with Crippen molar-refractivity contribution >= 4 is 5.97 Å². The summed E-state index contributed by atoms with van der Waals surface area (Å²) in [5.41, 5.74) is 0.373. The van der Waals surface area contributed by atoms with Gasteiger partial charge in [-0.2, -0.15) is 0 Å². The zero-order valence-electron chi connectivity index (χ0n) is 7.41. The monoisotopic (exact) mass is 170 g/mol. The van der Waals surface area contributed by atoms with Crippen LogP contribution in [-0.4, -0.2) is 23.8 Å². The summed E-state index contributed by atoms with van der Waals surface area (Å²) >= 11 is 0. The zero-order valence-corrected chi connectivity index (χ0v) is 7.41. The van der Waals surface area contributed by atoms with Crippen LogP contribution in [0.1, 0.15) is 20.3 Å². The maximum absolute atomic E-state index is 10.4. The number of rotatable bonds is 3. The highest BCUT2D eigenvalue weighted by Crippen LogP contribution is 2.25. The van der Waals surface area contributed by atoms with Gasteiger partial charge in [0.05, 0.1) is 12.7 Å². The molecule has 0 aromatic rings. The van der Waals surface area contributed by atoms with E-state index in [9.17, 15) is 4.79 Å². The number of ether oxygens (including phenoxy) is 1. The first-order valence-electron chi connectivity index (χ1n) is 4.18. The molecule has 0 aromatic heterocycles. The van der Waals surface area contributed by atoms with Crippen LogP contribution in [-0.2, 0) is 9.53 Å². The number of carboxylic acid groups (broad SMARTS) is 1. The molecule has 3 nitrogen and oxygen atoms in total. The molecule has 1 N–H and O–H groups in total. The number of hydrogen-bond donors (Lipinski definition) is 1. The molecule has 1 aliphatic rings. The third kappa shape index (κ3) is 1.85. The standard InChI is InChI=1S/C9H14O3/c1-3-7-5-12-8(7)4-6(2)9(10)11/h4,7-8H,3,5H2,1-2H3,(H,10,11)/b6-4+. The van der Waals surface area contributed by atoms with Crippen molar-refractivity contribution < 1.29 is 14.6 Å². The molecular weight excluding hydrogens is 156 g/mol. The number of carboxylic acids is 1. The number of hydrogen-bond acceptors (Lipinski definition) is 2. The van der Waals surface area contributed by atoms with Crippen molar-refractivity contribution in [2.75, 3.05) is 6.61 Å². The van der Waals surface area contributed by atoms with Crippen molar-refractivity contribution in [1.29, 1.82) is 0 Å². The minimum Gasteiger partial charge on any atom is -0.478 e. The Labute approximate surface area is 72.0 Å². The van der Waals surface area contributed by atoms with Crippen LogP contribution in [0.4, 0.5) is 0 Å². The van der Waals surface area contributed by atoms with Gasteiger partial charge in [-0.15, -0.1) is 0 Å². The number of aliphatic carboxylic acids is 1. The second kappa shape index (κ2) is 3.72. The van der Waals surface area contributed by atoms with Gasteiger partial charge in [0.15, 0.2) is 0 Å². The molecule has 1 heterocycles. The van der Waals surface area contributed by atoms with Crippen LogP contribution in [0.15, 0.2) is 11.6 Å². The molecule has 2 atom stereocenters. The van der Waals surface area contributed by atoms with Crippen molar-refractivity contribution in [3.05, 3.63) is 11.6 Å².